The number of aromatic amines is 1. The highest BCUT2D eigenvalue weighted by molar-refractivity contribution is 5.81. The third-order valence-electron chi connectivity index (χ3n) is 3.67. The number of nitrogens with zero attached hydrogens (tertiary/aromatic N) is 1. The van der Waals surface area contributed by atoms with E-state index in [1.807, 2.05) is 0 Å². The second-order valence-electron chi connectivity index (χ2n) is 4.89. The number of alkyl halides is 3. The van der Waals surface area contributed by atoms with Gasteiger partial charge in [-0.3, -0.25) is 0 Å². The molecule has 3 nitrogen and oxygen atoms in total. The molecule has 2 N–H and O–H groups in total. The monoisotopic (exact) mass is 269 g/mol. The van der Waals surface area contributed by atoms with E-state index in [9.17, 15) is 13.2 Å². The molecule has 0 unspecified atom stereocenters. The van der Waals surface area contributed by atoms with Crippen LogP contribution in [-0.4, -0.2) is 23.1 Å². The first-order chi connectivity index (χ1) is 9.05. The van der Waals surface area contributed by atoms with Gasteiger partial charge in [0.05, 0.1) is 5.56 Å². The van der Waals surface area contributed by atoms with Gasteiger partial charge in [-0.15, -0.1) is 0 Å². The van der Waals surface area contributed by atoms with Crippen LogP contribution in [0.1, 0.15) is 29.9 Å². The molecule has 0 bridgehead atoms. The number of H-pyrrole nitrogens is 1. The molecule has 0 atom stereocenters. The Bertz CT molecular complexity index is 582. The van der Waals surface area contributed by atoms with Crippen LogP contribution < -0.4 is 5.32 Å². The summed E-state index contributed by atoms with van der Waals surface area (Å²) in [5, 5.41) is 3.85. The predicted molar refractivity (Wildman–Crippen MR) is 65.9 cm³/mol. The van der Waals surface area contributed by atoms with Gasteiger partial charge < -0.3 is 10.3 Å². The van der Waals surface area contributed by atoms with Crippen LogP contribution in [0.3, 0.4) is 0 Å². The number of rotatable bonds is 1. The molecule has 6 heteroatoms. The minimum Gasteiger partial charge on any atom is -0.346 e. The quantitative estimate of drug-likeness (QED) is 0.835. The minimum absolute atomic E-state index is 0.306. The van der Waals surface area contributed by atoms with Gasteiger partial charge in [-0.2, -0.15) is 13.2 Å². The maximum absolute atomic E-state index is 12.7. The van der Waals surface area contributed by atoms with Crippen LogP contribution in [0.4, 0.5) is 13.2 Å². The molecule has 19 heavy (non-hydrogen) atoms. The van der Waals surface area contributed by atoms with E-state index in [0.29, 0.717) is 17.0 Å². The lowest BCUT2D eigenvalue weighted by Crippen LogP contribution is -2.26. The minimum atomic E-state index is -4.34. The van der Waals surface area contributed by atoms with E-state index < -0.39 is 11.7 Å². The summed E-state index contributed by atoms with van der Waals surface area (Å²) in [6.45, 7) is 1.81. The molecule has 0 amide bonds. The van der Waals surface area contributed by atoms with Crippen LogP contribution in [0.2, 0.25) is 0 Å². The van der Waals surface area contributed by atoms with Gasteiger partial charge in [-0.25, -0.2) is 4.98 Å². The Morgan fingerprint density at radius 1 is 1.21 bits per heavy atom. The molecule has 0 saturated carbocycles. The molecule has 1 aliphatic rings. The molecular weight excluding hydrogens is 255 g/mol. The predicted octanol–water partition coefficient (Wildman–Crippen LogP) is 3.05. The van der Waals surface area contributed by atoms with Gasteiger partial charge >= 0.3 is 6.18 Å². The number of pyridine rings is 1. The Hall–Kier alpha value is -1.56. The van der Waals surface area contributed by atoms with Crippen molar-refractivity contribution in [2.45, 2.75) is 24.9 Å². The first-order valence-electron chi connectivity index (χ1n) is 6.30. The maximum atomic E-state index is 12.7. The zero-order valence-corrected chi connectivity index (χ0v) is 10.2. The van der Waals surface area contributed by atoms with Crippen molar-refractivity contribution in [2.75, 3.05) is 13.1 Å². The fourth-order valence-electron chi connectivity index (χ4n) is 2.65. The van der Waals surface area contributed by atoms with Crippen LogP contribution in [0.15, 0.2) is 18.5 Å². The van der Waals surface area contributed by atoms with Gasteiger partial charge in [-0.1, -0.05) is 0 Å². The van der Waals surface area contributed by atoms with Gasteiger partial charge in [-0.05, 0) is 43.5 Å². The smallest absolute Gasteiger partial charge is 0.346 e. The topological polar surface area (TPSA) is 40.7 Å². The molecule has 0 aromatic carbocycles. The fourth-order valence-corrected chi connectivity index (χ4v) is 2.65. The molecule has 0 aliphatic carbocycles. The summed E-state index contributed by atoms with van der Waals surface area (Å²) >= 11 is 0. The van der Waals surface area contributed by atoms with Crippen LogP contribution >= 0.6 is 0 Å². The Kier molecular flexibility index (Phi) is 2.97. The molecule has 1 fully saturated rings. The summed E-state index contributed by atoms with van der Waals surface area (Å²) in [6, 6.07) is 1.20. The maximum Gasteiger partial charge on any atom is 0.417 e. The van der Waals surface area contributed by atoms with Crippen molar-refractivity contribution in [2.24, 2.45) is 0 Å². The van der Waals surface area contributed by atoms with Crippen LogP contribution in [0, 0.1) is 0 Å². The summed E-state index contributed by atoms with van der Waals surface area (Å²) in [6.07, 6.45) is 0.231. The van der Waals surface area contributed by atoms with Crippen molar-refractivity contribution in [3.8, 4) is 0 Å². The Morgan fingerprint density at radius 3 is 2.63 bits per heavy atom. The number of halogens is 3. The summed E-state index contributed by atoms with van der Waals surface area (Å²) in [4.78, 5) is 6.84. The van der Waals surface area contributed by atoms with Gasteiger partial charge in [0.1, 0.15) is 5.65 Å². The average Bonchev–Trinajstić information content (AvgIpc) is 2.81. The molecule has 0 spiro atoms. The molecule has 2 aromatic rings. The zero-order chi connectivity index (χ0) is 13.5. The van der Waals surface area contributed by atoms with Crippen LogP contribution in [0.5, 0.6) is 0 Å². The summed E-state index contributed by atoms with van der Waals surface area (Å²) in [7, 11) is 0. The molecular formula is C13H14F3N3. The van der Waals surface area contributed by atoms with Crippen molar-refractivity contribution in [1.29, 1.82) is 0 Å². The van der Waals surface area contributed by atoms with Crippen molar-refractivity contribution < 1.29 is 13.2 Å². The lowest BCUT2D eigenvalue weighted by atomic mass is 9.90. The molecule has 102 valence electrons. The second kappa shape index (κ2) is 4.52. The molecule has 0 radical (unpaired) electrons. The SMILES string of the molecule is FC(F)(F)c1cnc2[nH]cc(C3CCNCC3)c2c1. The molecule has 2 aromatic heterocycles. The standard InChI is InChI=1S/C13H14F3N3/c14-13(15,16)9-5-10-11(7-19-12(10)18-6-9)8-1-3-17-4-2-8/h5-8,17H,1-4H2,(H,18,19). The van der Waals surface area contributed by atoms with Gasteiger partial charge in [0.25, 0.3) is 0 Å². The van der Waals surface area contributed by atoms with Gasteiger partial charge in [0.2, 0.25) is 0 Å². The number of nitrogens with one attached hydrogen (secondary N) is 2. The Labute approximate surface area is 108 Å². The van der Waals surface area contributed by atoms with Gasteiger partial charge in [0.15, 0.2) is 0 Å². The van der Waals surface area contributed by atoms with E-state index in [1.54, 1.807) is 6.20 Å². The third-order valence-corrected chi connectivity index (χ3v) is 3.67. The van der Waals surface area contributed by atoms with Gasteiger partial charge in [0, 0.05) is 17.8 Å². The molecule has 3 heterocycles. The second-order valence-corrected chi connectivity index (χ2v) is 4.89. The lowest BCUT2D eigenvalue weighted by molar-refractivity contribution is -0.137. The van der Waals surface area contributed by atoms with Crippen molar-refractivity contribution >= 4 is 11.0 Å². The normalized spacial score (nSPS) is 18.1. The summed E-state index contributed by atoms with van der Waals surface area (Å²) in [5.74, 6) is 0.306. The van der Waals surface area contributed by atoms with Crippen molar-refractivity contribution in [3.63, 3.8) is 0 Å². The highest BCUT2D eigenvalue weighted by Crippen LogP contribution is 2.35. The lowest BCUT2D eigenvalue weighted by Gasteiger charge is -2.22. The molecule has 1 aliphatic heterocycles. The highest BCUT2D eigenvalue weighted by Gasteiger charge is 2.32. The first kappa shape index (κ1) is 12.5. The van der Waals surface area contributed by atoms with E-state index >= 15 is 0 Å². The molecule has 3 rings (SSSR count). The highest BCUT2D eigenvalue weighted by atomic mass is 19.4. The van der Waals surface area contributed by atoms with E-state index in [-0.39, 0.29) is 0 Å². The number of hydrogen-bond donors (Lipinski definition) is 2. The zero-order valence-electron chi connectivity index (χ0n) is 10.2. The fraction of sp³-hybridized carbons (Fsp3) is 0.462. The summed E-state index contributed by atoms with van der Waals surface area (Å²) < 4.78 is 38.2. The van der Waals surface area contributed by atoms with Crippen molar-refractivity contribution in [1.82, 2.24) is 15.3 Å². The number of piperidine rings is 1. The number of fused-ring (bicyclic) bond motifs is 1. The third kappa shape index (κ3) is 2.32. The number of aromatic nitrogens is 2. The first-order valence-corrected chi connectivity index (χ1v) is 6.30. The summed E-state index contributed by atoms with van der Waals surface area (Å²) in [5.41, 5.74) is 0.798. The Morgan fingerprint density at radius 2 is 1.95 bits per heavy atom. The van der Waals surface area contributed by atoms with Crippen molar-refractivity contribution in [3.05, 3.63) is 29.6 Å². The molecule has 1 saturated heterocycles. The average molecular weight is 269 g/mol. The van der Waals surface area contributed by atoms with Crippen LogP contribution in [-0.2, 0) is 6.18 Å². The van der Waals surface area contributed by atoms with E-state index in [4.69, 9.17) is 0 Å². The Balaban J connectivity index is 2.05. The van der Waals surface area contributed by atoms with Crippen LogP contribution in [0.25, 0.3) is 11.0 Å². The van der Waals surface area contributed by atoms with E-state index in [0.717, 1.165) is 37.7 Å². The number of hydrogen-bond acceptors (Lipinski definition) is 2. The van der Waals surface area contributed by atoms with E-state index in [2.05, 4.69) is 15.3 Å². The largest absolute Gasteiger partial charge is 0.417 e. The van der Waals surface area contributed by atoms with E-state index in [1.165, 1.54) is 6.07 Å².